The Morgan fingerprint density at radius 2 is 2.04 bits per heavy atom. The highest BCUT2D eigenvalue weighted by Crippen LogP contribution is 2.17. The predicted molar refractivity (Wildman–Crippen MR) is 85.9 cm³/mol. The minimum atomic E-state index is -3.33. The highest BCUT2D eigenvalue weighted by molar-refractivity contribution is 7.91. The van der Waals surface area contributed by atoms with Crippen molar-refractivity contribution in [2.45, 2.75) is 24.2 Å². The Bertz CT molecular complexity index is 609. The first kappa shape index (κ1) is 17.7. The first-order valence-corrected chi connectivity index (χ1v) is 9.21. The zero-order chi connectivity index (χ0) is 16.7. The maximum absolute atomic E-state index is 12.1. The third-order valence-corrected chi connectivity index (χ3v) is 5.27. The smallest absolute Gasteiger partial charge is 0.345 e. The van der Waals surface area contributed by atoms with Crippen molar-refractivity contribution in [1.29, 1.82) is 0 Å². The van der Waals surface area contributed by atoms with Crippen LogP contribution < -0.4 is 5.32 Å². The van der Waals surface area contributed by atoms with E-state index in [1.807, 2.05) is 0 Å². The third kappa shape index (κ3) is 5.19. The van der Waals surface area contributed by atoms with Crippen LogP contribution in [0.1, 0.15) is 19.3 Å². The van der Waals surface area contributed by atoms with Crippen molar-refractivity contribution in [3.63, 3.8) is 0 Å². The van der Waals surface area contributed by atoms with Gasteiger partial charge in [0.15, 0.2) is 9.84 Å². The molecule has 0 saturated carbocycles. The van der Waals surface area contributed by atoms with Crippen molar-refractivity contribution in [3.8, 4) is 0 Å². The molecular formula is C15H22N2O5S. The zero-order valence-electron chi connectivity index (χ0n) is 13.2. The van der Waals surface area contributed by atoms with Crippen molar-refractivity contribution < 1.29 is 22.8 Å². The highest BCUT2D eigenvalue weighted by atomic mass is 32.2. The Kier molecular flexibility index (Phi) is 6.37. The summed E-state index contributed by atoms with van der Waals surface area (Å²) in [5, 5.41) is 3.98. The van der Waals surface area contributed by atoms with E-state index in [1.165, 1.54) is 24.3 Å². The van der Waals surface area contributed by atoms with E-state index in [4.69, 9.17) is 9.57 Å². The van der Waals surface area contributed by atoms with Crippen LogP contribution in [0.25, 0.3) is 0 Å². The molecule has 128 valence electrons. The molecule has 0 aliphatic carbocycles. The minimum Gasteiger partial charge on any atom is -0.385 e. The van der Waals surface area contributed by atoms with Crippen LogP contribution in [0.2, 0.25) is 0 Å². The van der Waals surface area contributed by atoms with Crippen molar-refractivity contribution in [2.24, 2.45) is 0 Å². The number of sulfone groups is 1. The summed E-state index contributed by atoms with van der Waals surface area (Å²) in [6.45, 7) is 1.49. The second-order valence-corrected chi connectivity index (χ2v) is 7.37. The molecule has 0 bridgehead atoms. The lowest BCUT2D eigenvalue weighted by Crippen LogP contribution is -2.38. The molecule has 0 spiro atoms. The normalized spacial score (nSPS) is 15.4. The van der Waals surface area contributed by atoms with E-state index in [-0.39, 0.29) is 16.7 Å². The average Bonchev–Trinajstić information content (AvgIpc) is 2.56. The molecule has 0 aromatic heterocycles. The molecule has 1 heterocycles. The van der Waals surface area contributed by atoms with Crippen LogP contribution in [-0.4, -0.2) is 52.1 Å². The fourth-order valence-electron chi connectivity index (χ4n) is 2.20. The average molecular weight is 342 g/mol. The number of hydroxylamine groups is 2. The number of carbonyl (C=O) groups excluding carboxylic acids is 1. The number of nitrogens with zero attached hydrogens (tertiary/aromatic N) is 1. The molecule has 2 amide bonds. The fourth-order valence-corrected chi connectivity index (χ4v) is 3.48. The molecule has 1 aliphatic heterocycles. The second kappa shape index (κ2) is 8.28. The van der Waals surface area contributed by atoms with Gasteiger partial charge in [0.25, 0.3) is 0 Å². The van der Waals surface area contributed by atoms with Gasteiger partial charge in [0, 0.05) is 19.4 Å². The topological polar surface area (TPSA) is 84.9 Å². The SMILES string of the molecule is COCCCS(=O)(=O)c1ccc(NC(=O)N2CCCCO2)cc1. The van der Waals surface area contributed by atoms with Gasteiger partial charge in [0.1, 0.15) is 0 Å². The highest BCUT2D eigenvalue weighted by Gasteiger charge is 2.18. The van der Waals surface area contributed by atoms with E-state index in [2.05, 4.69) is 5.32 Å². The lowest BCUT2D eigenvalue weighted by Gasteiger charge is -2.25. The van der Waals surface area contributed by atoms with Crippen LogP contribution in [0, 0.1) is 0 Å². The number of nitrogens with one attached hydrogen (secondary N) is 1. The number of amides is 2. The predicted octanol–water partition coefficient (Wildman–Crippen LogP) is 2.06. The van der Waals surface area contributed by atoms with Crippen LogP contribution in [0.3, 0.4) is 0 Å². The Balaban J connectivity index is 1.94. The van der Waals surface area contributed by atoms with Crippen LogP contribution >= 0.6 is 0 Å². The van der Waals surface area contributed by atoms with Gasteiger partial charge in [-0.3, -0.25) is 4.84 Å². The number of ether oxygens (including phenoxy) is 1. The summed E-state index contributed by atoms with van der Waals surface area (Å²) in [5.41, 5.74) is 0.528. The molecule has 0 atom stereocenters. The standard InChI is InChI=1S/C15H22N2O5S/c1-21-10-4-12-23(19,20)14-7-5-13(6-8-14)16-15(18)17-9-2-3-11-22-17/h5-8H,2-4,9-12H2,1H3,(H,16,18). The zero-order valence-corrected chi connectivity index (χ0v) is 14.0. The van der Waals surface area contributed by atoms with Crippen LogP contribution in [0.5, 0.6) is 0 Å². The Morgan fingerprint density at radius 1 is 1.30 bits per heavy atom. The van der Waals surface area contributed by atoms with E-state index in [9.17, 15) is 13.2 Å². The van der Waals surface area contributed by atoms with Gasteiger partial charge in [-0.2, -0.15) is 0 Å². The Hall–Kier alpha value is -1.64. The lowest BCUT2D eigenvalue weighted by atomic mass is 10.3. The molecule has 2 rings (SSSR count). The van der Waals surface area contributed by atoms with E-state index < -0.39 is 9.84 Å². The molecule has 0 radical (unpaired) electrons. The van der Waals surface area contributed by atoms with Crippen molar-refractivity contribution >= 4 is 21.6 Å². The summed E-state index contributed by atoms with van der Waals surface area (Å²) in [7, 11) is -1.79. The number of hydrogen-bond donors (Lipinski definition) is 1. The molecular weight excluding hydrogens is 320 g/mol. The number of rotatable bonds is 6. The summed E-state index contributed by atoms with van der Waals surface area (Å²) in [6.07, 6.45) is 2.30. The quantitative estimate of drug-likeness (QED) is 0.800. The molecule has 1 aromatic rings. The van der Waals surface area contributed by atoms with Gasteiger partial charge in [-0.25, -0.2) is 18.3 Å². The van der Waals surface area contributed by atoms with Crippen molar-refractivity contribution in [1.82, 2.24) is 5.06 Å². The summed E-state index contributed by atoms with van der Waals surface area (Å²) in [6, 6.07) is 5.79. The van der Waals surface area contributed by atoms with Crippen molar-refractivity contribution in [3.05, 3.63) is 24.3 Å². The number of benzene rings is 1. The minimum absolute atomic E-state index is 0.0359. The third-order valence-electron chi connectivity index (χ3n) is 3.46. The molecule has 1 aliphatic rings. The van der Waals surface area contributed by atoms with Crippen LogP contribution in [0.15, 0.2) is 29.2 Å². The van der Waals surface area contributed by atoms with E-state index in [0.717, 1.165) is 12.8 Å². The van der Waals surface area contributed by atoms with Gasteiger partial charge < -0.3 is 10.1 Å². The van der Waals surface area contributed by atoms with Crippen LogP contribution in [-0.2, 0) is 19.4 Å². The van der Waals surface area contributed by atoms with Gasteiger partial charge in [-0.15, -0.1) is 0 Å². The molecule has 1 saturated heterocycles. The van der Waals surface area contributed by atoms with Crippen LogP contribution in [0.4, 0.5) is 10.5 Å². The molecule has 1 fully saturated rings. The summed E-state index contributed by atoms with van der Waals surface area (Å²) in [4.78, 5) is 17.5. The molecule has 8 heteroatoms. The molecule has 23 heavy (non-hydrogen) atoms. The second-order valence-electron chi connectivity index (χ2n) is 5.26. The van der Waals surface area contributed by atoms with Gasteiger partial charge in [-0.05, 0) is 43.5 Å². The lowest BCUT2D eigenvalue weighted by molar-refractivity contribution is -0.135. The van der Waals surface area contributed by atoms with Gasteiger partial charge in [-0.1, -0.05) is 0 Å². The largest absolute Gasteiger partial charge is 0.385 e. The fraction of sp³-hybridized carbons (Fsp3) is 0.533. The van der Waals surface area contributed by atoms with Gasteiger partial charge >= 0.3 is 6.03 Å². The van der Waals surface area contributed by atoms with Gasteiger partial charge in [0.2, 0.25) is 0 Å². The first-order chi connectivity index (χ1) is 11.0. The maximum atomic E-state index is 12.1. The Labute approximate surface area is 136 Å². The van der Waals surface area contributed by atoms with Gasteiger partial charge in [0.05, 0.1) is 23.8 Å². The number of anilines is 1. The summed E-state index contributed by atoms with van der Waals surface area (Å²) < 4.78 is 29.1. The Morgan fingerprint density at radius 3 is 2.65 bits per heavy atom. The monoisotopic (exact) mass is 342 g/mol. The van der Waals surface area contributed by atoms with E-state index >= 15 is 0 Å². The maximum Gasteiger partial charge on any atom is 0.345 e. The molecule has 7 nitrogen and oxygen atoms in total. The number of carbonyl (C=O) groups is 1. The van der Waals surface area contributed by atoms with Crippen molar-refractivity contribution in [2.75, 3.05) is 37.9 Å². The van der Waals surface area contributed by atoms with E-state index in [1.54, 1.807) is 12.1 Å². The molecule has 1 aromatic carbocycles. The summed E-state index contributed by atoms with van der Waals surface area (Å²) in [5.74, 6) is 0.0359. The molecule has 1 N–H and O–H groups in total. The number of hydrogen-bond acceptors (Lipinski definition) is 5. The first-order valence-electron chi connectivity index (χ1n) is 7.56. The summed E-state index contributed by atoms with van der Waals surface area (Å²) >= 11 is 0. The number of urea groups is 1. The molecule has 0 unspecified atom stereocenters. The number of methoxy groups -OCH3 is 1. The van der Waals surface area contributed by atoms with E-state index in [0.29, 0.717) is 31.9 Å².